The first-order valence-electron chi connectivity index (χ1n) is 12.1. The highest BCUT2D eigenvalue weighted by molar-refractivity contribution is 7.98. The number of rotatable bonds is 8. The van der Waals surface area contributed by atoms with Crippen molar-refractivity contribution >= 4 is 23.5 Å². The number of thioether (sulfide) groups is 1. The second-order valence-electron chi connectivity index (χ2n) is 8.79. The Morgan fingerprint density at radius 3 is 2.73 bits per heavy atom. The van der Waals surface area contributed by atoms with E-state index in [2.05, 4.69) is 36.4 Å². The molecule has 2 aliphatic rings. The third-order valence-electron chi connectivity index (χ3n) is 6.42. The van der Waals surface area contributed by atoms with Crippen LogP contribution in [-0.2, 0) is 16.9 Å². The summed E-state index contributed by atoms with van der Waals surface area (Å²) in [4.78, 5) is 24.7. The first-order valence-corrected chi connectivity index (χ1v) is 13.1. The lowest BCUT2D eigenvalue weighted by Crippen LogP contribution is -2.48. The van der Waals surface area contributed by atoms with Crippen molar-refractivity contribution in [3.63, 3.8) is 0 Å². The van der Waals surface area contributed by atoms with E-state index in [1.54, 1.807) is 11.8 Å². The van der Waals surface area contributed by atoms with Gasteiger partial charge in [0.2, 0.25) is 0 Å². The zero-order chi connectivity index (χ0) is 23.0. The molecule has 0 bridgehead atoms. The maximum atomic E-state index is 12.7. The predicted molar refractivity (Wildman–Crippen MR) is 133 cm³/mol. The average molecular weight is 470 g/mol. The fourth-order valence-corrected chi connectivity index (χ4v) is 5.19. The van der Waals surface area contributed by atoms with E-state index in [9.17, 15) is 4.79 Å². The Labute approximate surface area is 201 Å². The summed E-state index contributed by atoms with van der Waals surface area (Å²) in [5, 5.41) is 2.72. The number of hydrogen-bond donors (Lipinski definition) is 1. The summed E-state index contributed by atoms with van der Waals surface area (Å²) in [7, 11) is 2.17. The molecule has 1 aliphatic carbocycles. The molecule has 1 saturated heterocycles. The smallest absolute Gasteiger partial charge is 0.265 e. The minimum atomic E-state index is -0.0793. The zero-order valence-electron chi connectivity index (χ0n) is 19.8. The molecule has 1 aromatic heterocycles. The largest absolute Gasteiger partial charge is 0.379 e. The number of amides is 1. The molecule has 2 heterocycles. The molecule has 0 spiro atoms. The number of carbonyl (C=O) groups excluding carboxylic acids is 1. The van der Waals surface area contributed by atoms with Gasteiger partial charge in [0.1, 0.15) is 5.82 Å². The summed E-state index contributed by atoms with van der Waals surface area (Å²) >= 11 is 1.63. The Bertz CT molecular complexity index is 929. The Morgan fingerprint density at radius 2 is 1.97 bits per heavy atom. The van der Waals surface area contributed by atoms with Crippen molar-refractivity contribution in [2.24, 2.45) is 0 Å². The van der Waals surface area contributed by atoms with Gasteiger partial charge in [-0.2, -0.15) is 0 Å². The Morgan fingerprint density at radius 1 is 1.18 bits per heavy atom. The van der Waals surface area contributed by atoms with Crippen molar-refractivity contribution in [2.75, 3.05) is 38.3 Å². The molecule has 0 unspecified atom stereocenters. The summed E-state index contributed by atoms with van der Waals surface area (Å²) in [6.07, 6.45) is 7.32. The van der Waals surface area contributed by atoms with Crippen LogP contribution in [0.1, 0.15) is 60.6 Å². The number of aryl methyl sites for hydroxylation is 1. The summed E-state index contributed by atoms with van der Waals surface area (Å²) in [6.45, 7) is 4.85. The summed E-state index contributed by atoms with van der Waals surface area (Å²) < 4.78 is 5.34. The van der Waals surface area contributed by atoms with Crippen molar-refractivity contribution < 1.29 is 9.53 Å². The molecule has 4 rings (SSSR count). The molecule has 1 aromatic carbocycles. The van der Waals surface area contributed by atoms with Gasteiger partial charge in [-0.05, 0) is 37.0 Å². The van der Waals surface area contributed by atoms with Gasteiger partial charge in [0.15, 0.2) is 5.16 Å². The SMILES string of the molecule is CCc1cc(N(C)C2CCCCC2)nc(SCc2cccc(C(=O)NN3CCOCC3)c2)n1. The van der Waals surface area contributed by atoms with Crippen molar-refractivity contribution in [1.82, 2.24) is 20.4 Å². The molecule has 1 aliphatic heterocycles. The highest BCUT2D eigenvalue weighted by atomic mass is 32.2. The zero-order valence-corrected chi connectivity index (χ0v) is 20.6. The van der Waals surface area contributed by atoms with E-state index in [0.29, 0.717) is 37.9 Å². The van der Waals surface area contributed by atoms with E-state index in [0.717, 1.165) is 34.4 Å². The topological polar surface area (TPSA) is 70.6 Å². The lowest BCUT2D eigenvalue weighted by molar-refractivity contribution is 0.0126. The number of nitrogens with zero attached hydrogens (tertiary/aromatic N) is 4. The Balaban J connectivity index is 1.41. The van der Waals surface area contributed by atoms with Gasteiger partial charge in [-0.1, -0.05) is 50.1 Å². The minimum absolute atomic E-state index is 0.0793. The average Bonchev–Trinajstić information content (AvgIpc) is 2.88. The summed E-state index contributed by atoms with van der Waals surface area (Å²) in [5.41, 5.74) is 5.81. The lowest BCUT2D eigenvalue weighted by Gasteiger charge is -2.32. The maximum Gasteiger partial charge on any atom is 0.265 e. The monoisotopic (exact) mass is 469 g/mol. The van der Waals surface area contributed by atoms with E-state index in [-0.39, 0.29) is 5.91 Å². The number of carbonyl (C=O) groups is 1. The van der Waals surface area contributed by atoms with Crippen molar-refractivity contribution in [3.05, 3.63) is 47.2 Å². The van der Waals surface area contributed by atoms with Crippen LogP contribution in [0.5, 0.6) is 0 Å². The van der Waals surface area contributed by atoms with Crippen LogP contribution in [0.3, 0.4) is 0 Å². The second kappa shape index (κ2) is 11.8. The summed E-state index contributed by atoms with van der Waals surface area (Å²) in [6, 6.07) is 10.5. The molecule has 178 valence electrons. The molecule has 2 fully saturated rings. The van der Waals surface area contributed by atoms with E-state index in [1.165, 1.54) is 32.1 Å². The third-order valence-corrected chi connectivity index (χ3v) is 7.34. The fraction of sp³-hybridized carbons (Fsp3) is 0.560. The number of benzene rings is 1. The number of morpholine rings is 1. The van der Waals surface area contributed by atoms with E-state index < -0.39 is 0 Å². The van der Waals surface area contributed by atoms with Gasteiger partial charge in [-0.25, -0.2) is 15.0 Å². The van der Waals surface area contributed by atoms with Gasteiger partial charge >= 0.3 is 0 Å². The summed E-state index contributed by atoms with van der Waals surface area (Å²) in [5.74, 6) is 1.66. The molecular weight excluding hydrogens is 434 g/mol. The molecule has 1 N–H and O–H groups in total. The van der Waals surface area contributed by atoms with Crippen LogP contribution in [0.25, 0.3) is 0 Å². The number of ether oxygens (including phenoxy) is 1. The van der Waals surface area contributed by atoms with Gasteiger partial charge in [0, 0.05) is 49.3 Å². The van der Waals surface area contributed by atoms with Crippen molar-refractivity contribution in [2.45, 2.75) is 62.4 Å². The maximum absolute atomic E-state index is 12.7. The Kier molecular flexibility index (Phi) is 8.58. The first kappa shape index (κ1) is 24.0. The third kappa shape index (κ3) is 6.68. The van der Waals surface area contributed by atoms with Crippen LogP contribution >= 0.6 is 11.8 Å². The molecule has 33 heavy (non-hydrogen) atoms. The number of nitrogens with one attached hydrogen (secondary N) is 1. The fourth-order valence-electron chi connectivity index (χ4n) is 4.37. The van der Waals surface area contributed by atoms with Crippen LogP contribution in [0.4, 0.5) is 5.82 Å². The minimum Gasteiger partial charge on any atom is -0.379 e. The standard InChI is InChI=1S/C25H35N5O2S/c1-3-21-17-23(29(2)22-10-5-4-6-11-22)27-25(26-21)33-18-19-8-7-9-20(16-19)24(31)28-30-12-14-32-15-13-30/h7-9,16-17,22H,3-6,10-15,18H2,1-2H3,(H,28,31). The van der Waals surface area contributed by atoms with Gasteiger partial charge in [-0.3, -0.25) is 10.2 Å². The van der Waals surface area contributed by atoms with Gasteiger partial charge in [0.25, 0.3) is 5.91 Å². The number of hydrazine groups is 1. The van der Waals surface area contributed by atoms with E-state index >= 15 is 0 Å². The highest BCUT2D eigenvalue weighted by Gasteiger charge is 2.20. The van der Waals surface area contributed by atoms with Crippen LogP contribution in [0, 0.1) is 0 Å². The molecule has 2 aromatic rings. The predicted octanol–water partition coefficient (Wildman–Crippen LogP) is 4.08. The molecular formula is C25H35N5O2S. The van der Waals surface area contributed by atoms with Crippen LogP contribution < -0.4 is 10.3 Å². The first-order chi connectivity index (χ1) is 16.1. The molecule has 8 heteroatoms. The Hall–Kier alpha value is -2.16. The molecule has 1 saturated carbocycles. The second-order valence-corrected chi connectivity index (χ2v) is 9.73. The van der Waals surface area contributed by atoms with Gasteiger partial charge in [0.05, 0.1) is 13.2 Å². The molecule has 7 nitrogen and oxygen atoms in total. The van der Waals surface area contributed by atoms with Gasteiger partial charge < -0.3 is 9.64 Å². The molecule has 0 atom stereocenters. The van der Waals surface area contributed by atoms with E-state index in [1.807, 2.05) is 23.2 Å². The normalized spacial score (nSPS) is 17.6. The van der Waals surface area contributed by atoms with E-state index in [4.69, 9.17) is 14.7 Å². The molecule has 0 radical (unpaired) electrons. The van der Waals surface area contributed by atoms with Crippen molar-refractivity contribution in [3.8, 4) is 0 Å². The quantitative estimate of drug-likeness (QED) is 0.461. The van der Waals surface area contributed by atoms with Crippen LogP contribution in [0.15, 0.2) is 35.5 Å². The number of anilines is 1. The highest BCUT2D eigenvalue weighted by Crippen LogP contribution is 2.28. The molecule has 1 amide bonds. The lowest BCUT2D eigenvalue weighted by atomic mass is 9.94. The van der Waals surface area contributed by atoms with Crippen LogP contribution in [-0.4, -0.2) is 60.3 Å². The van der Waals surface area contributed by atoms with Crippen molar-refractivity contribution in [1.29, 1.82) is 0 Å². The number of aromatic nitrogens is 2. The number of hydrogen-bond acceptors (Lipinski definition) is 7. The van der Waals surface area contributed by atoms with Crippen LogP contribution in [0.2, 0.25) is 0 Å². The van der Waals surface area contributed by atoms with Gasteiger partial charge in [-0.15, -0.1) is 0 Å².